The zero-order valence-electron chi connectivity index (χ0n) is 18.7. The second kappa shape index (κ2) is 11.5. The van der Waals surface area contributed by atoms with Gasteiger partial charge in [-0.15, -0.1) is 0 Å². The van der Waals surface area contributed by atoms with Gasteiger partial charge in [0.05, 0.1) is 11.7 Å². The van der Waals surface area contributed by atoms with Gasteiger partial charge in [0.15, 0.2) is 0 Å². The third-order valence-electron chi connectivity index (χ3n) is 5.30. The molecule has 0 heterocycles. The van der Waals surface area contributed by atoms with Gasteiger partial charge in [0.1, 0.15) is 11.8 Å². The Kier molecular flexibility index (Phi) is 8.19. The van der Waals surface area contributed by atoms with Gasteiger partial charge in [-0.3, -0.25) is 4.79 Å². The number of isocyanates is 2. The number of aliphatic imine (C=N–C) groups is 2. The van der Waals surface area contributed by atoms with Crippen LogP contribution in [0, 0.1) is 12.8 Å². The van der Waals surface area contributed by atoms with Gasteiger partial charge < -0.3 is 10.1 Å². The fourth-order valence-corrected chi connectivity index (χ4v) is 3.41. The molecule has 3 unspecified atom stereocenters. The van der Waals surface area contributed by atoms with E-state index in [4.69, 9.17) is 4.74 Å². The molecule has 3 atom stereocenters. The molecule has 1 aliphatic rings. The predicted octanol–water partition coefficient (Wildman–Crippen LogP) is 3.43. The summed E-state index contributed by atoms with van der Waals surface area (Å²) < 4.78 is 5.47. The monoisotopic (exact) mass is 457 g/mol. The third-order valence-corrected chi connectivity index (χ3v) is 5.30. The molecule has 8 nitrogen and oxygen atoms in total. The molecule has 34 heavy (non-hydrogen) atoms. The SMILES string of the molecule is Cc1ccc(CC(NC(=O)C2=CC(C)C(N=C=O)C=C2)C(=O)Oc2ccc(N=C=O)cc2)cc1. The Labute approximate surface area is 196 Å². The summed E-state index contributed by atoms with van der Waals surface area (Å²) in [5.41, 5.74) is 2.67. The predicted molar refractivity (Wildman–Crippen MR) is 125 cm³/mol. The average Bonchev–Trinajstić information content (AvgIpc) is 2.82. The van der Waals surface area contributed by atoms with Crippen molar-refractivity contribution in [2.75, 3.05) is 0 Å². The van der Waals surface area contributed by atoms with Gasteiger partial charge in [-0.05, 0) is 36.8 Å². The van der Waals surface area contributed by atoms with E-state index in [9.17, 15) is 19.2 Å². The number of hydrogen-bond donors (Lipinski definition) is 1. The molecule has 1 amide bonds. The molecule has 2 aromatic carbocycles. The number of esters is 1. The van der Waals surface area contributed by atoms with Gasteiger partial charge in [0.2, 0.25) is 12.2 Å². The van der Waals surface area contributed by atoms with Crippen LogP contribution < -0.4 is 10.1 Å². The van der Waals surface area contributed by atoms with Crippen LogP contribution in [0.25, 0.3) is 0 Å². The van der Waals surface area contributed by atoms with Gasteiger partial charge in [-0.25, -0.2) is 14.4 Å². The number of nitrogens with zero attached hydrogens (tertiary/aromatic N) is 2. The largest absolute Gasteiger partial charge is 0.425 e. The maximum Gasteiger partial charge on any atom is 0.334 e. The zero-order valence-corrected chi connectivity index (χ0v) is 18.7. The number of hydrogen-bond acceptors (Lipinski definition) is 7. The minimum absolute atomic E-state index is 0.178. The van der Waals surface area contributed by atoms with Crippen molar-refractivity contribution < 1.29 is 23.9 Å². The van der Waals surface area contributed by atoms with E-state index in [0.717, 1.165) is 11.1 Å². The molecule has 0 aromatic heterocycles. The molecule has 2 aromatic rings. The van der Waals surface area contributed by atoms with Gasteiger partial charge >= 0.3 is 5.97 Å². The highest BCUT2D eigenvalue weighted by atomic mass is 16.5. The Morgan fingerprint density at radius 1 is 1.06 bits per heavy atom. The Bertz CT molecular complexity index is 1200. The fraction of sp³-hybridized carbons (Fsp3) is 0.231. The molecule has 0 bridgehead atoms. The van der Waals surface area contributed by atoms with Crippen molar-refractivity contribution in [3.8, 4) is 5.75 Å². The van der Waals surface area contributed by atoms with Gasteiger partial charge in [-0.2, -0.15) is 9.98 Å². The first-order valence-electron chi connectivity index (χ1n) is 10.6. The number of benzene rings is 2. The number of nitrogens with one attached hydrogen (secondary N) is 1. The van der Waals surface area contributed by atoms with Crippen LogP contribution in [0.1, 0.15) is 18.1 Å². The number of aryl methyl sites for hydroxylation is 1. The Morgan fingerprint density at radius 3 is 2.38 bits per heavy atom. The number of amides is 1. The minimum atomic E-state index is -0.960. The van der Waals surface area contributed by atoms with Crippen molar-refractivity contribution in [1.29, 1.82) is 0 Å². The van der Waals surface area contributed by atoms with E-state index in [1.807, 2.05) is 38.1 Å². The van der Waals surface area contributed by atoms with Crippen molar-refractivity contribution in [1.82, 2.24) is 5.32 Å². The summed E-state index contributed by atoms with van der Waals surface area (Å²) in [5.74, 6) is -1.01. The zero-order chi connectivity index (χ0) is 24.5. The molecule has 3 rings (SSSR count). The van der Waals surface area contributed by atoms with E-state index < -0.39 is 17.9 Å². The Balaban J connectivity index is 1.78. The Hall–Kier alpha value is -4.38. The standard InChI is InChI=1S/C26H23N3O5/c1-17-3-5-19(6-4-17)14-24(26(33)34-22-10-8-21(9-11-22)27-15-30)29-25(32)20-7-12-23(28-16-31)18(2)13-20/h3-13,18,23-24H,14H2,1-2H3,(H,29,32). The number of ether oxygens (including phenoxy) is 1. The highest BCUT2D eigenvalue weighted by Crippen LogP contribution is 2.21. The molecule has 0 aliphatic heterocycles. The molecule has 0 saturated carbocycles. The average molecular weight is 457 g/mol. The molecule has 0 spiro atoms. The lowest BCUT2D eigenvalue weighted by Crippen LogP contribution is -2.45. The van der Waals surface area contributed by atoms with E-state index in [1.54, 1.807) is 18.2 Å². The van der Waals surface area contributed by atoms with Crippen LogP contribution in [-0.2, 0) is 25.6 Å². The van der Waals surface area contributed by atoms with Crippen molar-refractivity contribution in [2.24, 2.45) is 15.9 Å². The van der Waals surface area contributed by atoms with Crippen LogP contribution in [-0.4, -0.2) is 36.1 Å². The van der Waals surface area contributed by atoms with Crippen molar-refractivity contribution in [3.05, 3.63) is 83.5 Å². The summed E-state index contributed by atoms with van der Waals surface area (Å²) in [7, 11) is 0. The maximum absolute atomic E-state index is 13.0. The molecule has 1 aliphatic carbocycles. The molecular weight excluding hydrogens is 434 g/mol. The van der Waals surface area contributed by atoms with Crippen molar-refractivity contribution in [3.63, 3.8) is 0 Å². The van der Waals surface area contributed by atoms with E-state index in [0.29, 0.717) is 11.3 Å². The molecule has 0 radical (unpaired) electrons. The topological polar surface area (TPSA) is 114 Å². The highest BCUT2D eigenvalue weighted by molar-refractivity contribution is 5.99. The summed E-state index contributed by atoms with van der Waals surface area (Å²) in [6.45, 7) is 3.79. The summed E-state index contributed by atoms with van der Waals surface area (Å²) in [5, 5.41) is 2.76. The molecule has 8 heteroatoms. The van der Waals surface area contributed by atoms with Gasteiger partial charge in [0.25, 0.3) is 5.91 Å². The van der Waals surface area contributed by atoms with E-state index >= 15 is 0 Å². The lowest BCUT2D eigenvalue weighted by molar-refractivity contribution is -0.138. The quantitative estimate of drug-likeness (QED) is 0.282. The maximum atomic E-state index is 13.0. The van der Waals surface area contributed by atoms with E-state index in [1.165, 1.54) is 36.4 Å². The van der Waals surface area contributed by atoms with Crippen LogP contribution in [0.3, 0.4) is 0 Å². The lowest BCUT2D eigenvalue weighted by atomic mass is 9.93. The second-order valence-electron chi connectivity index (χ2n) is 7.89. The summed E-state index contributed by atoms with van der Waals surface area (Å²) >= 11 is 0. The molecule has 1 N–H and O–H groups in total. The minimum Gasteiger partial charge on any atom is -0.425 e. The van der Waals surface area contributed by atoms with E-state index in [-0.39, 0.29) is 24.1 Å². The van der Waals surface area contributed by atoms with Gasteiger partial charge in [0, 0.05) is 17.9 Å². The number of carbonyl (C=O) groups excluding carboxylic acids is 4. The summed E-state index contributed by atoms with van der Waals surface area (Å²) in [6, 6.07) is 12.3. The summed E-state index contributed by atoms with van der Waals surface area (Å²) in [6.07, 6.45) is 8.12. The Morgan fingerprint density at radius 2 is 1.76 bits per heavy atom. The molecule has 172 valence electrons. The fourth-order valence-electron chi connectivity index (χ4n) is 3.41. The number of carbonyl (C=O) groups is 2. The first-order valence-corrected chi connectivity index (χ1v) is 10.6. The van der Waals surface area contributed by atoms with Crippen LogP contribution >= 0.6 is 0 Å². The number of rotatable bonds is 8. The lowest BCUT2D eigenvalue weighted by Gasteiger charge is -2.21. The normalized spacial score (nSPS) is 17.4. The first-order chi connectivity index (χ1) is 16.4. The van der Waals surface area contributed by atoms with Gasteiger partial charge in [-0.1, -0.05) is 55.0 Å². The smallest absolute Gasteiger partial charge is 0.334 e. The third kappa shape index (κ3) is 6.56. The molecule has 0 saturated heterocycles. The van der Waals surface area contributed by atoms with Crippen LogP contribution in [0.5, 0.6) is 5.75 Å². The highest BCUT2D eigenvalue weighted by Gasteiger charge is 2.26. The van der Waals surface area contributed by atoms with Crippen molar-refractivity contribution >= 4 is 29.7 Å². The first kappa shape index (κ1) is 24.3. The van der Waals surface area contributed by atoms with Crippen LogP contribution in [0.4, 0.5) is 5.69 Å². The molecular formula is C26H23N3O5. The summed E-state index contributed by atoms with van der Waals surface area (Å²) in [4.78, 5) is 54.1. The van der Waals surface area contributed by atoms with Crippen LogP contribution in [0.15, 0.2) is 82.3 Å². The van der Waals surface area contributed by atoms with Crippen LogP contribution in [0.2, 0.25) is 0 Å². The second-order valence-corrected chi connectivity index (χ2v) is 7.89. The molecule has 0 fully saturated rings. The van der Waals surface area contributed by atoms with E-state index in [2.05, 4.69) is 15.3 Å². The van der Waals surface area contributed by atoms with Crippen molar-refractivity contribution in [2.45, 2.75) is 32.4 Å².